The Bertz CT molecular complexity index is 1230. The standard InChI is InChI=1S/C18H25N4O2.C13H14Cl2NO2.Nb/c1-12(2)22-8-16-7-21(9-17(16)19-22)18(24)10-20-5-14-3-13(11-23)4-15(14)6-20;14-11-6-10(7-12(15)8-11)9-18-13(17)16-4-2-1-3-5-16;/h8,12-15H,3-7,9-10H2,1-2H3;1,6-8H,2-5,9H2;/q2*-1;+2. The molecule has 1 radical (unpaired) electrons. The molecule has 231 valence electrons. The molecule has 2 saturated heterocycles. The minimum absolute atomic E-state index is 0. The van der Waals surface area contributed by atoms with Gasteiger partial charge < -0.3 is 25.8 Å². The molecule has 2 atom stereocenters. The maximum Gasteiger partial charge on any atom is 2.00 e. The fourth-order valence-electron chi connectivity index (χ4n) is 6.39. The smallest absolute Gasteiger partial charge is 0.542 e. The first-order chi connectivity index (χ1) is 20.2. The molecular formula is C31H39Cl2N5NbO4. The quantitative estimate of drug-likeness (QED) is 0.299. The Morgan fingerprint density at radius 2 is 1.70 bits per heavy atom. The van der Waals surface area contributed by atoms with Crippen LogP contribution in [-0.2, 0) is 56.4 Å². The minimum Gasteiger partial charge on any atom is -0.542 e. The summed E-state index contributed by atoms with van der Waals surface area (Å²) in [7, 11) is 0. The van der Waals surface area contributed by atoms with Crippen LogP contribution in [0.3, 0.4) is 0 Å². The molecule has 6 rings (SSSR count). The van der Waals surface area contributed by atoms with Crippen molar-refractivity contribution in [2.45, 2.75) is 65.3 Å². The van der Waals surface area contributed by atoms with Crippen molar-refractivity contribution >= 4 is 41.5 Å². The molecule has 1 aromatic heterocycles. The van der Waals surface area contributed by atoms with Crippen molar-refractivity contribution in [3.8, 4) is 0 Å². The number of hydrogen-bond acceptors (Lipinski definition) is 6. The second kappa shape index (κ2) is 15.4. The van der Waals surface area contributed by atoms with Gasteiger partial charge >= 0.3 is 28.5 Å². The predicted molar refractivity (Wildman–Crippen MR) is 160 cm³/mol. The molecule has 4 heterocycles. The predicted octanol–water partition coefficient (Wildman–Crippen LogP) is 5.30. The number of carbonyl (C=O) groups excluding carboxylic acids is 3. The second-order valence-electron chi connectivity index (χ2n) is 12.1. The molecule has 9 nitrogen and oxygen atoms in total. The van der Waals surface area contributed by atoms with Gasteiger partial charge in [-0.25, -0.2) is 4.79 Å². The number of hydrogen-bond donors (Lipinski definition) is 0. The summed E-state index contributed by atoms with van der Waals surface area (Å²) >= 11 is 11.7. The zero-order valence-corrected chi connectivity index (χ0v) is 28.5. The van der Waals surface area contributed by atoms with Crippen molar-refractivity contribution < 1.29 is 41.5 Å². The van der Waals surface area contributed by atoms with Crippen LogP contribution in [0.5, 0.6) is 0 Å². The second-order valence-corrected chi connectivity index (χ2v) is 13.0. The Morgan fingerprint density at radius 3 is 2.28 bits per heavy atom. The SMILES string of the molecule is CC(C)n1cc2c(n1)CN(C(=O)CN1CC3CC([C-]=O)CC3C1)C2.O=C(OCc1cc(Cl)cc(Cl)c1)N1CC[CH-]CC1.[Nb+2]. The molecule has 0 bridgehead atoms. The molecule has 3 aliphatic heterocycles. The Labute approximate surface area is 279 Å². The van der Waals surface area contributed by atoms with E-state index in [-0.39, 0.29) is 46.9 Å². The first-order valence-corrected chi connectivity index (χ1v) is 15.6. The summed E-state index contributed by atoms with van der Waals surface area (Å²) in [6.07, 6.45) is 9.90. The molecule has 1 aromatic carbocycles. The fraction of sp³-hybridized carbons (Fsp3) is 0.581. The van der Waals surface area contributed by atoms with Crippen LogP contribution >= 0.6 is 23.2 Å². The number of rotatable bonds is 6. The summed E-state index contributed by atoms with van der Waals surface area (Å²) in [5.41, 5.74) is 3.02. The third-order valence-corrected chi connectivity index (χ3v) is 9.02. The molecule has 12 heteroatoms. The first kappa shape index (κ1) is 34.0. The van der Waals surface area contributed by atoms with Crippen molar-refractivity contribution in [1.82, 2.24) is 24.5 Å². The van der Waals surface area contributed by atoms with E-state index in [1.807, 2.05) is 9.58 Å². The topological polar surface area (TPSA) is 88.0 Å². The number of fused-ring (bicyclic) bond motifs is 2. The number of amides is 2. The number of likely N-dealkylation sites (tertiary alicyclic amines) is 2. The Balaban J connectivity index is 0.000000201. The van der Waals surface area contributed by atoms with E-state index in [0.717, 1.165) is 63.1 Å². The van der Waals surface area contributed by atoms with Crippen molar-refractivity contribution in [2.75, 3.05) is 32.7 Å². The summed E-state index contributed by atoms with van der Waals surface area (Å²) in [4.78, 5) is 41.1. The molecule has 0 N–H and O–H groups in total. The van der Waals surface area contributed by atoms with Crippen molar-refractivity contribution in [3.05, 3.63) is 57.7 Å². The number of aromatic nitrogens is 2. The molecule has 4 aliphatic rings. The van der Waals surface area contributed by atoms with Crippen LogP contribution in [-0.4, -0.2) is 75.5 Å². The maximum absolute atomic E-state index is 12.6. The molecule has 2 amide bonds. The molecule has 0 spiro atoms. The molecule has 3 fully saturated rings. The number of carbonyl (C=O) groups is 2. The van der Waals surface area contributed by atoms with Crippen LogP contribution in [0.15, 0.2) is 24.4 Å². The summed E-state index contributed by atoms with van der Waals surface area (Å²) < 4.78 is 7.21. The van der Waals surface area contributed by atoms with Crippen molar-refractivity contribution in [2.24, 2.45) is 17.8 Å². The Hall–Kier alpha value is -1.88. The number of halogens is 2. The van der Waals surface area contributed by atoms with Gasteiger partial charge in [-0.05, 0) is 62.5 Å². The van der Waals surface area contributed by atoms with Gasteiger partial charge in [-0.1, -0.05) is 36.0 Å². The van der Waals surface area contributed by atoms with Gasteiger partial charge in [0.15, 0.2) is 0 Å². The fourth-order valence-corrected chi connectivity index (χ4v) is 6.96. The molecule has 1 saturated carbocycles. The molecule has 1 aliphatic carbocycles. The van der Waals surface area contributed by atoms with Crippen LogP contribution in [0.4, 0.5) is 4.79 Å². The largest absolute Gasteiger partial charge is 2.00 e. The van der Waals surface area contributed by atoms with E-state index in [9.17, 15) is 14.4 Å². The third-order valence-electron chi connectivity index (χ3n) is 8.58. The zero-order valence-electron chi connectivity index (χ0n) is 24.8. The van der Waals surface area contributed by atoms with E-state index < -0.39 is 0 Å². The van der Waals surface area contributed by atoms with E-state index in [0.29, 0.717) is 47.6 Å². The summed E-state index contributed by atoms with van der Waals surface area (Å²) in [5.74, 6) is 1.48. The van der Waals surface area contributed by atoms with Gasteiger partial charge in [0.2, 0.25) is 5.91 Å². The van der Waals surface area contributed by atoms with Gasteiger partial charge in [0.05, 0.1) is 18.8 Å². The average Bonchev–Trinajstić information content (AvgIpc) is 3.71. The first-order valence-electron chi connectivity index (χ1n) is 14.8. The van der Waals surface area contributed by atoms with Crippen molar-refractivity contribution in [1.29, 1.82) is 0 Å². The molecular weight excluding hydrogens is 670 g/mol. The van der Waals surface area contributed by atoms with Gasteiger partial charge in [0.1, 0.15) is 6.61 Å². The van der Waals surface area contributed by atoms with Crippen LogP contribution in [0.1, 0.15) is 62.4 Å². The van der Waals surface area contributed by atoms with Gasteiger partial charge in [-0.3, -0.25) is 20.7 Å². The third kappa shape index (κ3) is 8.86. The summed E-state index contributed by atoms with van der Waals surface area (Å²) in [6.45, 7) is 9.60. The number of benzene rings is 1. The van der Waals surface area contributed by atoms with Gasteiger partial charge in [0, 0.05) is 47.5 Å². The van der Waals surface area contributed by atoms with Gasteiger partial charge in [-0.2, -0.15) is 17.9 Å². The summed E-state index contributed by atoms with van der Waals surface area (Å²) in [5, 5.41) is 5.68. The summed E-state index contributed by atoms with van der Waals surface area (Å²) in [6, 6.07) is 5.49. The monoisotopic (exact) mass is 708 g/mol. The number of piperidine rings is 1. The van der Waals surface area contributed by atoms with E-state index in [1.165, 1.54) is 5.56 Å². The van der Waals surface area contributed by atoms with Crippen LogP contribution in [0.2, 0.25) is 10.0 Å². The zero-order chi connectivity index (χ0) is 29.8. The van der Waals surface area contributed by atoms with Crippen LogP contribution < -0.4 is 0 Å². The van der Waals surface area contributed by atoms with E-state index in [2.05, 4.69) is 42.7 Å². The van der Waals surface area contributed by atoms with E-state index >= 15 is 0 Å². The van der Waals surface area contributed by atoms with Crippen molar-refractivity contribution in [3.63, 3.8) is 0 Å². The molecule has 43 heavy (non-hydrogen) atoms. The Kier molecular flexibility index (Phi) is 12.2. The number of nitrogens with zero attached hydrogens (tertiary/aromatic N) is 5. The Morgan fingerprint density at radius 1 is 1.05 bits per heavy atom. The average molecular weight is 709 g/mol. The minimum atomic E-state index is -0.279. The maximum atomic E-state index is 12.6. The van der Waals surface area contributed by atoms with Gasteiger partial charge in [0.25, 0.3) is 0 Å². The molecule has 2 aromatic rings. The normalized spacial score (nSPS) is 22.9. The number of ether oxygens (including phenoxy) is 1. The van der Waals surface area contributed by atoms with Gasteiger partial charge in [-0.15, -0.1) is 5.92 Å². The van der Waals surface area contributed by atoms with E-state index in [1.54, 1.807) is 23.1 Å². The van der Waals surface area contributed by atoms with Crippen LogP contribution in [0.25, 0.3) is 0 Å². The van der Waals surface area contributed by atoms with Crippen LogP contribution in [0, 0.1) is 24.2 Å². The van der Waals surface area contributed by atoms with E-state index in [4.69, 9.17) is 27.9 Å². The molecule has 2 unspecified atom stereocenters.